The van der Waals surface area contributed by atoms with Gasteiger partial charge in [0.1, 0.15) is 6.33 Å². The second-order valence-electron chi connectivity index (χ2n) is 4.20. The lowest BCUT2D eigenvalue weighted by molar-refractivity contribution is 0.0697. The highest BCUT2D eigenvalue weighted by atomic mass is 19.1. The lowest BCUT2D eigenvalue weighted by Gasteiger charge is -2.08. The van der Waals surface area contributed by atoms with Crippen molar-refractivity contribution in [2.24, 2.45) is 0 Å². The molecule has 104 valence electrons. The number of carboxylic acids is 1. The highest BCUT2D eigenvalue weighted by Gasteiger charge is 2.09. The van der Waals surface area contributed by atoms with Gasteiger partial charge in [0.2, 0.25) is 0 Å². The van der Waals surface area contributed by atoms with Gasteiger partial charge in [0.05, 0.1) is 11.3 Å². The second kappa shape index (κ2) is 6.10. The highest BCUT2D eigenvalue weighted by Crippen LogP contribution is 2.15. The lowest BCUT2D eigenvalue weighted by Crippen LogP contribution is -2.07. The molecule has 0 atom stereocenters. The van der Waals surface area contributed by atoms with Crippen LogP contribution >= 0.6 is 0 Å². The number of anilines is 1. The van der Waals surface area contributed by atoms with Crippen LogP contribution < -0.4 is 5.32 Å². The Balaban J connectivity index is 2.13. The Morgan fingerprint density at radius 3 is 2.90 bits per heavy atom. The van der Waals surface area contributed by atoms with Crippen LogP contribution in [-0.4, -0.2) is 21.0 Å². The van der Waals surface area contributed by atoms with Gasteiger partial charge in [0.25, 0.3) is 0 Å². The summed E-state index contributed by atoms with van der Waals surface area (Å²) in [7, 11) is 0. The maximum atomic E-state index is 13.9. The largest absolute Gasteiger partial charge is 0.478 e. The van der Waals surface area contributed by atoms with Crippen molar-refractivity contribution in [2.75, 3.05) is 5.32 Å². The van der Waals surface area contributed by atoms with Gasteiger partial charge in [-0.25, -0.2) is 19.2 Å². The van der Waals surface area contributed by atoms with E-state index in [9.17, 15) is 9.18 Å². The minimum Gasteiger partial charge on any atom is -0.478 e. The van der Waals surface area contributed by atoms with Crippen LogP contribution in [-0.2, 0) is 13.0 Å². The molecular formula is C14H14FN3O2. The molecule has 5 nitrogen and oxygen atoms in total. The fourth-order valence-electron chi connectivity index (χ4n) is 1.78. The molecule has 0 aliphatic rings. The third kappa shape index (κ3) is 3.09. The van der Waals surface area contributed by atoms with Gasteiger partial charge in [-0.2, -0.15) is 0 Å². The first-order valence-electron chi connectivity index (χ1n) is 6.17. The van der Waals surface area contributed by atoms with Gasteiger partial charge >= 0.3 is 5.97 Å². The Bertz CT molecular complexity index is 632. The van der Waals surface area contributed by atoms with E-state index in [1.54, 1.807) is 12.1 Å². The number of nitrogens with zero attached hydrogens (tertiary/aromatic N) is 2. The number of aromatic carboxylic acids is 1. The monoisotopic (exact) mass is 275 g/mol. The Morgan fingerprint density at radius 1 is 1.40 bits per heavy atom. The molecule has 0 aliphatic carbocycles. The number of aromatic nitrogens is 2. The molecule has 6 heteroatoms. The Kier molecular flexibility index (Phi) is 4.24. The molecule has 0 unspecified atom stereocenters. The van der Waals surface area contributed by atoms with E-state index in [4.69, 9.17) is 5.11 Å². The summed E-state index contributed by atoms with van der Waals surface area (Å²) in [5, 5.41) is 11.8. The predicted octanol–water partition coefficient (Wildman–Crippen LogP) is 2.49. The first-order valence-corrected chi connectivity index (χ1v) is 6.17. The van der Waals surface area contributed by atoms with Crippen LogP contribution in [0.5, 0.6) is 0 Å². The summed E-state index contributed by atoms with van der Waals surface area (Å²) >= 11 is 0. The van der Waals surface area contributed by atoms with E-state index in [1.165, 1.54) is 18.5 Å². The third-order valence-corrected chi connectivity index (χ3v) is 2.83. The minimum absolute atomic E-state index is 0.123. The number of carboxylic acid groups (broad SMARTS) is 1. The Morgan fingerprint density at radius 2 is 2.20 bits per heavy atom. The zero-order chi connectivity index (χ0) is 14.5. The fraction of sp³-hybridized carbons (Fsp3) is 0.214. The van der Waals surface area contributed by atoms with E-state index in [0.717, 1.165) is 5.56 Å². The predicted molar refractivity (Wildman–Crippen MR) is 72.1 cm³/mol. The van der Waals surface area contributed by atoms with Gasteiger partial charge in [0, 0.05) is 6.54 Å². The zero-order valence-corrected chi connectivity index (χ0v) is 10.9. The number of aryl methyl sites for hydroxylation is 1. The molecule has 0 amide bonds. The molecule has 2 aromatic rings. The summed E-state index contributed by atoms with van der Waals surface area (Å²) in [5.41, 5.74) is 1.28. The molecule has 0 aliphatic heterocycles. The average molecular weight is 275 g/mol. The molecule has 0 spiro atoms. The summed E-state index contributed by atoms with van der Waals surface area (Å²) in [6, 6.07) is 6.45. The van der Waals surface area contributed by atoms with Crippen LogP contribution in [0.25, 0.3) is 0 Å². The molecule has 0 fully saturated rings. The maximum absolute atomic E-state index is 13.9. The summed E-state index contributed by atoms with van der Waals surface area (Å²) in [6.07, 6.45) is 1.79. The van der Waals surface area contributed by atoms with Crippen LogP contribution in [0, 0.1) is 5.82 Å². The molecule has 1 heterocycles. The summed E-state index contributed by atoms with van der Waals surface area (Å²) < 4.78 is 13.9. The average Bonchev–Trinajstić information content (AvgIpc) is 2.46. The normalized spacial score (nSPS) is 10.3. The van der Waals surface area contributed by atoms with Crippen molar-refractivity contribution in [2.45, 2.75) is 19.9 Å². The zero-order valence-electron chi connectivity index (χ0n) is 10.9. The van der Waals surface area contributed by atoms with Crippen molar-refractivity contribution in [1.82, 2.24) is 9.97 Å². The molecular weight excluding hydrogens is 261 g/mol. The number of rotatable bonds is 5. The number of nitrogens with one attached hydrogen (secondary N) is 1. The van der Waals surface area contributed by atoms with Crippen molar-refractivity contribution in [1.29, 1.82) is 0 Å². The van der Waals surface area contributed by atoms with Gasteiger partial charge in [-0.1, -0.05) is 19.1 Å². The summed E-state index contributed by atoms with van der Waals surface area (Å²) in [4.78, 5) is 18.6. The van der Waals surface area contributed by atoms with Crippen molar-refractivity contribution in [3.8, 4) is 0 Å². The topological polar surface area (TPSA) is 75.1 Å². The summed E-state index contributed by atoms with van der Waals surface area (Å²) in [5.74, 6) is -1.34. The summed E-state index contributed by atoms with van der Waals surface area (Å²) in [6.45, 7) is 2.10. The molecule has 2 N–H and O–H groups in total. The van der Waals surface area contributed by atoms with Crippen LogP contribution in [0.1, 0.15) is 28.5 Å². The van der Waals surface area contributed by atoms with Gasteiger partial charge in [0.15, 0.2) is 11.6 Å². The number of halogens is 1. The number of carbonyl (C=O) groups is 1. The lowest BCUT2D eigenvalue weighted by atomic mass is 10.1. The van der Waals surface area contributed by atoms with E-state index in [-0.39, 0.29) is 17.9 Å². The quantitative estimate of drug-likeness (QED) is 0.876. The van der Waals surface area contributed by atoms with E-state index < -0.39 is 11.8 Å². The maximum Gasteiger partial charge on any atom is 0.335 e. The molecule has 0 bridgehead atoms. The van der Waals surface area contributed by atoms with Crippen LogP contribution in [0.15, 0.2) is 30.6 Å². The van der Waals surface area contributed by atoms with E-state index in [2.05, 4.69) is 15.3 Å². The molecule has 0 radical (unpaired) electrons. The molecule has 0 saturated carbocycles. The van der Waals surface area contributed by atoms with Crippen molar-refractivity contribution in [3.63, 3.8) is 0 Å². The van der Waals surface area contributed by atoms with Crippen LogP contribution in [0.2, 0.25) is 0 Å². The molecule has 20 heavy (non-hydrogen) atoms. The fourth-order valence-corrected chi connectivity index (χ4v) is 1.78. The van der Waals surface area contributed by atoms with E-state index >= 15 is 0 Å². The number of benzene rings is 1. The van der Waals surface area contributed by atoms with Crippen molar-refractivity contribution in [3.05, 3.63) is 53.2 Å². The minimum atomic E-state index is -0.992. The van der Waals surface area contributed by atoms with Gasteiger partial charge in [-0.05, 0) is 24.1 Å². The van der Waals surface area contributed by atoms with E-state index in [0.29, 0.717) is 12.1 Å². The van der Waals surface area contributed by atoms with Gasteiger partial charge in [-0.3, -0.25) is 0 Å². The number of hydrogen-bond acceptors (Lipinski definition) is 4. The van der Waals surface area contributed by atoms with Crippen LogP contribution in [0.4, 0.5) is 10.2 Å². The standard InChI is InChI=1S/C14H14FN3O2/c1-2-11-12(15)13(18-8-17-11)16-7-9-4-3-5-10(6-9)14(19)20/h3-6,8H,2,7H2,1H3,(H,19,20)(H,16,17,18). The van der Waals surface area contributed by atoms with Gasteiger partial charge in [-0.15, -0.1) is 0 Å². The Labute approximate surface area is 115 Å². The molecule has 2 rings (SSSR count). The van der Waals surface area contributed by atoms with Gasteiger partial charge < -0.3 is 10.4 Å². The van der Waals surface area contributed by atoms with Crippen LogP contribution in [0.3, 0.4) is 0 Å². The number of hydrogen-bond donors (Lipinski definition) is 2. The molecule has 1 aromatic heterocycles. The van der Waals surface area contributed by atoms with Crippen molar-refractivity contribution < 1.29 is 14.3 Å². The van der Waals surface area contributed by atoms with E-state index in [1.807, 2.05) is 6.92 Å². The molecule has 0 saturated heterocycles. The van der Waals surface area contributed by atoms with Crippen molar-refractivity contribution >= 4 is 11.8 Å². The second-order valence-corrected chi connectivity index (χ2v) is 4.20. The molecule has 1 aromatic carbocycles. The first-order chi connectivity index (χ1) is 9.61. The highest BCUT2D eigenvalue weighted by molar-refractivity contribution is 5.87. The third-order valence-electron chi connectivity index (χ3n) is 2.83. The smallest absolute Gasteiger partial charge is 0.335 e. The Hall–Kier alpha value is -2.50. The SMILES string of the molecule is CCc1ncnc(NCc2cccc(C(=O)O)c2)c1F. The first kappa shape index (κ1) is 13.9.